The molecule has 1 aliphatic rings. The molecule has 0 radical (unpaired) electrons. The van der Waals surface area contributed by atoms with Crippen molar-refractivity contribution >= 4 is 23.5 Å². The van der Waals surface area contributed by atoms with Crippen molar-refractivity contribution < 1.29 is 14.3 Å². The molecule has 1 aromatic carbocycles. The maximum absolute atomic E-state index is 12.6. The van der Waals surface area contributed by atoms with E-state index in [0.717, 1.165) is 4.90 Å². The van der Waals surface area contributed by atoms with E-state index in [9.17, 15) is 9.59 Å². The number of thioether (sulfide) groups is 1. The van der Waals surface area contributed by atoms with Crippen molar-refractivity contribution in [2.45, 2.75) is 11.3 Å². The number of methoxy groups -OCH3 is 1. The molecular formula is C14H14O3S. The van der Waals surface area contributed by atoms with Gasteiger partial charge in [-0.25, -0.2) is 0 Å². The first-order valence-corrected chi connectivity index (χ1v) is 6.60. The predicted octanol–water partition coefficient (Wildman–Crippen LogP) is 2.71. The number of ether oxygens (including phenoxy) is 1. The summed E-state index contributed by atoms with van der Waals surface area (Å²) in [4.78, 5) is 25.5. The molecule has 0 saturated heterocycles. The molecule has 1 aliphatic heterocycles. The van der Waals surface area contributed by atoms with E-state index in [0.29, 0.717) is 17.7 Å². The van der Waals surface area contributed by atoms with Crippen molar-refractivity contribution in [3.05, 3.63) is 42.5 Å². The van der Waals surface area contributed by atoms with Gasteiger partial charge in [0.25, 0.3) is 0 Å². The second-order valence-corrected chi connectivity index (χ2v) is 5.20. The third-order valence-corrected chi connectivity index (χ3v) is 4.41. The molecule has 3 nitrogen and oxygen atoms in total. The minimum absolute atomic E-state index is 0.163. The van der Waals surface area contributed by atoms with Gasteiger partial charge in [0.15, 0.2) is 5.78 Å². The zero-order valence-corrected chi connectivity index (χ0v) is 11.0. The normalized spacial score (nSPS) is 22.2. The Bertz CT molecular complexity index is 510. The number of ketones is 1. The van der Waals surface area contributed by atoms with Gasteiger partial charge in [0.05, 0.1) is 7.11 Å². The van der Waals surface area contributed by atoms with Gasteiger partial charge in [-0.3, -0.25) is 9.59 Å². The third-order valence-electron chi connectivity index (χ3n) is 3.11. The van der Waals surface area contributed by atoms with Crippen LogP contribution in [0.5, 0.6) is 0 Å². The van der Waals surface area contributed by atoms with Gasteiger partial charge >= 0.3 is 5.97 Å². The van der Waals surface area contributed by atoms with E-state index in [4.69, 9.17) is 4.74 Å². The van der Waals surface area contributed by atoms with Gasteiger partial charge in [0, 0.05) is 16.2 Å². The number of rotatable bonds is 3. The van der Waals surface area contributed by atoms with Crippen LogP contribution in [0.15, 0.2) is 41.8 Å². The number of esters is 1. The molecule has 0 bridgehead atoms. The number of hydrogen-bond acceptors (Lipinski definition) is 4. The minimum atomic E-state index is -1.12. The van der Waals surface area contributed by atoms with Gasteiger partial charge < -0.3 is 4.74 Å². The molecule has 1 atom stereocenters. The summed E-state index contributed by atoms with van der Waals surface area (Å²) in [6.07, 6.45) is 1.91. The molecule has 18 heavy (non-hydrogen) atoms. The monoisotopic (exact) mass is 262 g/mol. The molecule has 0 saturated carbocycles. The number of hydrogen-bond donors (Lipinski definition) is 0. The molecule has 0 aliphatic carbocycles. The highest BCUT2D eigenvalue weighted by molar-refractivity contribution is 7.99. The van der Waals surface area contributed by atoms with Gasteiger partial charge in [-0.2, -0.15) is 0 Å². The summed E-state index contributed by atoms with van der Waals surface area (Å²) in [5.41, 5.74) is -0.517. The van der Waals surface area contributed by atoms with Crippen molar-refractivity contribution in [1.29, 1.82) is 0 Å². The van der Waals surface area contributed by atoms with E-state index >= 15 is 0 Å². The van der Waals surface area contributed by atoms with E-state index < -0.39 is 11.4 Å². The average molecular weight is 262 g/mol. The summed E-state index contributed by atoms with van der Waals surface area (Å²) in [5.74, 6) is -0.236. The highest BCUT2D eigenvalue weighted by Crippen LogP contribution is 2.42. The lowest BCUT2D eigenvalue weighted by Crippen LogP contribution is -2.44. The first-order valence-electron chi connectivity index (χ1n) is 5.61. The van der Waals surface area contributed by atoms with Crippen LogP contribution in [0.1, 0.15) is 16.8 Å². The van der Waals surface area contributed by atoms with Crippen LogP contribution in [-0.4, -0.2) is 24.6 Å². The Morgan fingerprint density at radius 1 is 1.56 bits per heavy atom. The molecule has 0 N–H and O–H groups in total. The van der Waals surface area contributed by atoms with Crippen LogP contribution in [0.3, 0.4) is 0 Å². The second-order valence-electron chi connectivity index (χ2n) is 4.18. The summed E-state index contributed by atoms with van der Waals surface area (Å²) in [6, 6.07) is 7.34. The number of carbonyl (C=O) groups excluding carboxylic acids is 2. The Morgan fingerprint density at radius 3 is 2.94 bits per heavy atom. The van der Waals surface area contributed by atoms with Gasteiger partial charge in [-0.05, 0) is 12.5 Å². The van der Waals surface area contributed by atoms with Gasteiger partial charge in [-0.1, -0.05) is 24.3 Å². The van der Waals surface area contributed by atoms with Crippen LogP contribution in [-0.2, 0) is 9.53 Å². The Morgan fingerprint density at radius 2 is 2.28 bits per heavy atom. The van der Waals surface area contributed by atoms with Crippen LogP contribution in [0.4, 0.5) is 0 Å². The first-order chi connectivity index (χ1) is 8.65. The molecule has 1 heterocycles. The number of allylic oxidation sites excluding steroid dienone is 1. The van der Waals surface area contributed by atoms with Crippen molar-refractivity contribution in [2.24, 2.45) is 5.41 Å². The highest BCUT2D eigenvalue weighted by atomic mass is 32.2. The highest BCUT2D eigenvalue weighted by Gasteiger charge is 2.49. The SMILES string of the molecule is C=CC[C@]1(C(=O)OC)CSc2ccccc2C1=O. The van der Waals surface area contributed by atoms with E-state index in [1.54, 1.807) is 18.2 Å². The number of fused-ring (bicyclic) bond motifs is 1. The fourth-order valence-corrected chi connectivity index (χ4v) is 3.39. The number of Topliss-reactive ketones (excluding diaryl/α,β-unsaturated/α-hetero) is 1. The summed E-state index contributed by atoms with van der Waals surface area (Å²) in [7, 11) is 1.31. The van der Waals surface area contributed by atoms with Gasteiger partial charge in [0.2, 0.25) is 0 Å². The zero-order chi connectivity index (χ0) is 13.2. The Labute approximate surface area is 110 Å². The Balaban J connectivity index is 2.50. The van der Waals surface area contributed by atoms with Crippen molar-refractivity contribution in [3.63, 3.8) is 0 Å². The van der Waals surface area contributed by atoms with E-state index in [2.05, 4.69) is 6.58 Å². The molecular weight excluding hydrogens is 248 g/mol. The molecule has 0 fully saturated rings. The molecule has 4 heteroatoms. The molecule has 0 aromatic heterocycles. The van der Waals surface area contributed by atoms with Crippen LogP contribution >= 0.6 is 11.8 Å². The fraction of sp³-hybridized carbons (Fsp3) is 0.286. The maximum atomic E-state index is 12.6. The molecule has 2 rings (SSSR count). The van der Waals surface area contributed by atoms with Crippen LogP contribution < -0.4 is 0 Å². The van der Waals surface area contributed by atoms with Crippen molar-refractivity contribution in [1.82, 2.24) is 0 Å². The summed E-state index contributed by atoms with van der Waals surface area (Å²) >= 11 is 1.51. The first kappa shape index (κ1) is 12.9. The smallest absolute Gasteiger partial charge is 0.320 e. The molecule has 0 unspecified atom stereocenters. The second kappa shape index (κ2) is 4.98. The number of benzene rings is 1. The number of carbonyl (C=O) groups is 2. The molecule has 1 aromatic rings. The van der Waals surface area contributed by atoms with Crippen LogP contribution in [0.2, 0.25) is 0 Å². The topological polar surface area (TPSA) is 43.4 Å². The lowest BCUT2D eigenvalue weighted by atomic mass is 9.78. The standard InChI is InChI=1S/C14H14O3S/c1-3-8-14(13(16)17-2)9-18-11-7-5-4-6-10(11)12(14)15/h3-7H,1,8-9H2,2H3/t14-/m0/s1. The van der Waals surface area contributed by atoms with Crippen LogP contribution in [0, 0.1) is 5.41 Å². The van der Waals surface area contributed by atoms with Crippen molar-refractivity contribution in [3.8, 4) is 0 Å². The summed E-state index contributed by atoms with van der Waals surface area (Å²) in [6.45, 7) is 3.64. The van der Waals surface area contributed by atoms with E-state index in [-0.39, 0.29) is 5.78 Å². The summed E-state index contributed by atoms with van der Waals surface area (Å²) in [5, 5.41) is 0. The Kier molecular flexibility index (Phi) is 3.57. The quantitative estimate of drug-likeness (QED) is 0.477. The average Bonchev–Trinajstić information content (AvgIpc) is 2.41. The van der Waals surface area contributed by atoms with Gasteiger partial charge in [0.1, 0.15) is 5.41 Å². The molecule has 94 valence electrons. The predicted molar refractivity (Wildman–Crippen MR) is 70.8 cm³/mol. The molecule has 0 amide bonds. The maximum Gasteiger partial charge on any atom is 0.320 e. The molecule has 0 spiro atoms. The minimum Gasteiger partial charge on any atom is -0.468 e. The van der Waals surface area contributed by atoms with E-state index in [1.807, 2.05) is 12.1 Å². The lowest BCUT2D eigenvalue weighted by Gasteiger charge is -2.32. The summed E-state index contributed by atoms with van der Waals surface area (Å²) < 4.78 is 4.81. The fourth-order valence-electron chi connectivity index (χ4n) is 2.13. The third kappa shape index (κ3) is 1.86. The Hall–Kier alpha value is -1.55. The van der Waals surface area contributed by atoms with Crippen molar-refractivity contribution in [2.75, 3.05) is 12.9 Å². The largest absolute Gasteiger partial charge is 0.468 e. The lowest BCUT2D eigenvalue weighted by molar-refractivity contribution is -0.148. The van der Waals surface area contributed by atoms with Crippen LogP contribution in [0.25, 0.3) is 0 Å². The van der Waals surface area contributed by atoms with E-state index in [1.165, 1.54) is 18.9 Å². The zero-order valence-electron chi connectivity index (χ0n) is 10.1. The van der Waals surface area contributed by atoms with Gasteiger partial charge in [-0.15, -0.1) is 18.3 Å².